The lowest BCUT2D eigenvalue weighted by Crippen LogP contribution is -2.44. The fraction of sp³-hybridized carbons (Fsp3) is 0.846. The van der Waals surface area contributed by atoms with E-state index in [1.54, 1.807) is 34.6 Å². The van der Waals surface area contributed by atoms with Crippen LogP contribution in [-0.4, -0.2) is 47.5 Å². The number of nitrogens with one attached hydrogen (secondary N) is 1. The number of ether oxygens (including phenoxy) is 2. The van der Waals surface area contributed by atoms with Crippen molar-refractivity contribution in [1.29, 1.82) is 0 Å². The van der Waals surface area contributed by atoms with Crippen LogP contribution in [0.5, 0.6) is 0 Å². The van der Waals surface area contributed by atoms with Gasteiger partial charge in [0.15, 0.2) is 0 Å². The molecule has 3 atom stereocenters. The largest absolute Gasteiger partial charge is 0.464 e. The Labute approximate surface area is 125 Å². The van der Waals surface area contributed by atoms with Gasteiger partial charge >= 0.3 is 12.1 Å². The Morgan fingerprint density at radius 1 is 1.14 bits per heavy atom. The maximum Gasteiger partial charge on any atom is 0.407 e. The van der Waals surface area contributed by atoms with Gasteiger partial charge in [-0.25, -0.2) is 9.59 Å². The molecule has 0 aromatic heterocycles. The summed E-state index contributed by atoms with van der Waals surface area (Å²) in [6.45, 7) is 8.50. The van der Waals surface area contributed by atoms with Crippen molar-refractivity contribution in [3.8, 4) is 0 Å². The van der Waals surface area contributed by atoms with Gasteiger partial charge in [0.2, 0.25) is 7.37 Å². The molecule has 0 heterocycles. The topological polar surface area (TPSA) is 102 Å². The zero-order valence-electron chi connectivity index (χ0n) is 13.3. The van der Waals surface area contributed by atoms with Crippen LogP contribution >= 0.6 is 7.37 Å². The molecule has 2 N–H and O–H groups in total. The smallest absolute Gasteiger partial charge is 0.407 e. The molecule has 1 amide bonds. The lowest BCUT2D eigenvalue weighted by Gasteiger charge is -2.26. The van der Waals surface area contributed by atoms with E-state index >= 15 is 0 Å². The quantitative estimate of drug-likeness (QED) is 0.524. The van der Waals surface area contributed by atoms with Crippen molar-refractivity contribution < 1.29 is 28.5 Å². The van der Waals surface area contributed by atoms with E-state index in [0.717, 1.165) is 0 Å². The Morgan fingerprint density at radius 3 is 2.10 bits per heavy atom. The molecule has 0 aliphatic carbocycles. The summed E-state index contributed by atoms with van der Waals surface area (Å²) in [5, 5.41) is 2.38. The monoisotopic (exact) mass is 323 g/mol. The van der Waals surface area contributed by atoms with Gasteiger partial charge in [-0.05, 0) is 20.3 Å². The van der Waals surface area contributed by atoms with Crippen LogP contribution in [0.2, 0.25) is 0 Å². The third-order valence-corrected chi connectivity index (χ3v) is 6.04. The highest BCUT2D eigenvalue weighted by atomic mass is 31.2. The Hall–Kier alpha value is -1.07. The van der Waals surface area contributed by atoms with E-state index < -0.39 is 36.8 Å². The number of carbonyl (C=O) groups is 2. The van der Waals surface area contributed by atoms with Crippen LogP contribution in [0.25, 0.3) is 0 Å². The molecule has 0 aliphatic heterocycles. The fourth-order valence-corrected chi connectivity index (χ4v) is 3.30. The van der Waals surface area contributed by atoms with Gasteiger partial charge in [0.1, 0.15) is 6.04 Å². The highest BCUT2D eigenvalue weighted by Crippen LogP contribution is 2.52. The number of alkyl carbamates (subject to hydrolysis) is 1. The standard InChI is InChI=1S/C13H26NO6P/c1-6-19-12(15)11(14-13(16)20-7-2)8-10(5)21(17,18)9(3)4/h9-11H,6-8H2,1-5H3,(H,14,16)(H,17,18). The molecule has 21 heavy (non-hydrogen) atoms. The summed E-state index contributed by atoms with van der Waals surface area (Å²) >= 11 is 0. The van der Waals surface area contributed by atoms with E-state index in [2.05, 4.69) is 5.32 Å². The minimum atomic E-state index is -3.43. The molecule has 0 aromatic rings. The number of rotatable bonds is 8. The molecule has 0 radical (unpaired) electrons. The van der Waals surface area contributed by atoms with Gasteiger partial charge in [-0.1, -0.05) is 20.8 Å². The Kier molecular flexibility index (Phi) is 8.59. The average molecular weight is 323 g/mol. The van der Waals surface area contributed by atoms with E-state index in [-0.39, 0.29) is 19.6 Å². The Bertz CT molecular complexity index is 398. The van der Waals surface area contributed by atoms with Crippen LogP contribution in [0.4, 0.5) is 4.79 Å². The first-order valence-electron chi connectivity index (χ1n) is 7.08. The van der Waals surface area contributed by atoms with Crippen molar-refractivity contribution in [1.82, 2.24) is 5.32 Å². The van der Waals surface area contributed by atoms with Gasteiger partial charge in [0.25, 0.3) is 0 Å². The number of hydrogen-bond acceptors (Lipinski definition) is 5. The maximum atomic E-state index is 12.2. The number of carbonyl (C=O) groups excluding carboxylic acids is 2. The van der Waals surface area contributed by atoms with Crippen molar-refractivity contribution in [3.05, 3.63) is 0 Å². The van der Waals surface area contributed by atoms with E-state index in [0.29, 0.717) is 0 Å². The van der Waals surface area contributed by atoms with Crippen molar-refractivity contribution in [2.24, 2.45) is 0 Å². The van der Waals surface area contributed by atoms with E-state index in [1.807, 2.05) is 0 Å². The average Bonchev–Trinajstić information content (AvgIpc) is 2.38. The summed E-state index contributed by atoms with van der Waals surface area (Å²) in [5.74, 6) is -0.638. The molecule has 0 aliphatic rings. The molecular formula is C13H26NO6P. The SMILES string of the molecule is CCOC(=O)NC(CC(C)P(=O)(O)C(C)C)C(=O)OCC. The molecule has 0 rings (SSSR count). The summed E-state index contributed by atoms with van der Waals surface area (Å²) in [4.78, 5) is 33.3. The first-order valence-corrected chi connectivity index (χ1v) is 8.88. The van der Waals surface area contributed by atoms with E-state index in [4.69, 9.17) is 9.47 Å². The van der Waals surface area contributed by atoms with Gasteiger partial charge < -0.3 is 19.7 Å². The predicted molar refractivity (Wildman–Crippen MR) is 79.6 cm³/mol. The molecule has 0 fully saturated rings. The van der Waals surface area contributed by atoms with Crippen LogP contribution in [0, 0.1) is 0 Å². The van der Waals surface area contributed by atoms with Gasteiger partial charge in [0, 0.05) is 11.3 Å². The molecule has 7 nitrogen and oxygen atoms in total. The van der Waals surface area contributed by atoms with Crippen LogP contribution in [0.15, 0.2) is 0 Å². The Balaban J connectivity index is 4.93. The first-order chi connectivity index (χ1) is 9.66. The number of hydrogen-bond donors (Lipinski definition) is 2. The summed E-state index contributed by atoms with van der Waals surface area (Å²) < 4.78 is 21.8. The van der Waals surface area contributed by atoms with Gasteiger partial charge in [0.05, 0.1) is 13.2 Å². The molecule has 0 saturated heterocycles. The van der Waals surface area contributed by atoms with Crippen LogP contribution in [-0.2, 0) is 18.8 Å². The number of amides is 1. The lowest BCUT2D eigenvalue weighted by molar-refractivity contribution is -0.145. The number of esters is 1. The van der Waals surface area contributed by atoms with Crippen molar-refractivity contribution in [3.63, 3.8) is 0 Å². The lowest BCUT2D eigenvalue weighted by atomic mass is 10.1. The molecule has 0 saturated carbocycles. The summed E-state index contributed by atoms with van der Waals surface area (Å²) in [6, 6.07) is -1.00. The third-order valence-electron chi connectivity index (χ3n) is 3.09. The minimum absolute atomic E-state index is 0.0175. The van der Waals surface area contributed by atoms with Crippen LogP contribution < -0.4 is 5.32 Å². The maximum absolute atomic E-state index is 12.2. The van der Waals surface area contributed by atoms with E-state index in [1.165, 1.54) is 0 Å². The van der Waals surface area contributed by atoms with Crippen molar-refractivity contribution >= 4 is 19.4 Å². The highest BCUT2D eigenvalue weighted by molar-refractivity contribution is 7.59. The van der Waals surface area contributed by atoms with Gasteiger partial charge in [-0.15, -0.1) is 0 Å². The molecule has 0 spiro atoms. The molecular weight excluding hydrogens is 297 g/mol. The third kappa shape index (κ3) is 6.48. The van der Waals surface area contributed by atoms with Gasteiger partial charge in [-0.2, -0.15) is 0 Å². The van der Waals surface area contributed by atoms with Crippen LogP contribution in [0.3, 0.4) is 0 Å². The van der Waals surface area contributed by atoms with Crippen molar-refractivity contribution in [2.45, 2.75) is 58.4 Å². The summed E-state index contributed by atoms with van der Waals surface area (Å²) in [6.07, 6.45) is -0.732. The summed E-state index contributed by atoms with van der Waals surface area (Å²) in [5.41, 5.74) is -1.06. The normalized spacial score (nSPS) is 16.7. The highest BCUT2D eigenvalue weighted by Gasteiger charge is 2.35. The first kappa shape index (κ1) is 19.9. The second kappa shape index (κ2) is 9.05. The van der Waals surface area contributed by atoms with E-state index in [9.17, 15) is 19.0 Å². The molecule has 3 unspecified atom stereocenters. The Morgan fingerprint density at radius 2 is 1.67 bits per heavy atom. The van der Waals surface area contributed by atoms with Crippen LogP contribution in [0.1, 0.15) is 41.0 Å². The van der Waals surface area contributed by atoms with Crippen molar-refractivity contribution in [2.75, 3.05) is 13.2 Å². The molecule has 8 heteroatoms. The predicted octanol–water partition coefficient (Wildman–Crippen LogP) is 2.12. The molecule has 124 valence electrons. The second-order valence-corrected chi connectivity index (χ2v) is 8.28. The zero-order valence-corrected chi connectivity index (χ0v) is 14.2. The fourth-order valence-electron chi connectivity index (χ4n) is 1.77. The molecule has 0 bridgehead atoms. The summed E-state index contributed by atoms with van der Waals surface area (Å²) in [7, 11) is -3.43. The zero-order chi connectivity index (χ0) is 16.6. The van der Waals surface area contributed by atoms with Gasteiger partial charge in [-0.3, -0.25) is 4.57 Å². The molecule has 0 aromatic carbocycles. The minimum Gasteiger partial charge on any atom is -0.464 e. The second-order valence-electron chi connectivity index (χ2n) is 5.02.